The van der Waals surface area contributed by atoms with Gasteiger partial charge < -0.3 is 12.4 Å². The van der Waals surface area contributed by atoms with E-state index in [9.17, 15) is 0 Å². The molecule has 2 nitrogen and oxygen atoms in total. The number of rotatable bonds is 3. The Bertz CT molecular complexity index is 218. The van der Waals surface area contributed by atoms with Crippen molar-refractivity contribution in [3.8, 4) is 0 Å². The van der Waals surface area contributed by atoms with Crippen molar-refractivity contribution in [3.63, 3.8) is 0 Å². The second-order valence-corrected chi connectivity index (χ2v) is 3.33. The summed E-state index contributed by atoms with van der Waals surface area (Å²) >= 11 is 0. The normalized spacial score (nSPS) is 10.0. The number of aryl methyl sites for hydroxylation is 1. The summed E-state index contributed by atoms with van der Waals surface area (Å²) in [7, 11) is 0. The van der Waals surface area contributed by atoms with Crippen molar-refractivity contribution in [2.24, 2.45) is 5.92 Å². The van der Waals surface area contributed by atoms with Crippen LogP contribution in [0.3, 0.4) is 0 Å². The van der Waals surface area contributed by atoms with Crippen molar-refractivity contribution < 1.29 is 17.0 Å². The van der Waals surface area contributed by atoms with E-state index in [0.717, 1.165) is 19.0 Å². The van der Waals surface area contributed by atoms with E-state index in [-0.39, 0.29) is 12.4 Å². The van der Waals surface area contributed by atoms with Gasteiger partial charge in [0.1, 0.15) is 12.4 Å². The zero-order valence-corrected chi connectivity index (χ0v) is 8.75. The molecule has 0 saturated heterocycles. The minimum absolute atomic E-state index is 0. The Morgan fingerprint density at radius 2 is 2.08 bits per heavy atom. The molecular formula is C9H17ClN2. The molecule has 1 rings (SSSR count). The molecule has 1 aromatic heterocycles. The molecule has 0 amide bonds. The van der Waals surface area contributed by atoms with Crippen LogP contribution in [0, 0.1) is 5.92 Å². The molecule has 70 valence electrons. The van der Waals surface area contributed by atoms with Gasteiger partial charge >= 0.3 is 0 Å². The molecule has 0 aliphatic heterocycles. The molecule has 1 heterocycles. The lowest BCUT2D eigenvalue weighted by Crippen LogP contribution is -3.00. The number of nitrogens with zero attached hydrogens (tertiary/aromatic N) is 2. The molecule has 0 radical (unpaired) electrons. The highest BCUT2D eigenvalue weighted by molar-refractivity contribution is 4.64. The Morgan fingerprint density at radius 1 is 1.42 bits per heavy atom. The van der Waals surface area contributed by atoms with Gasteiger partial charge in [0.15, 0.2) is 0 Å². The van der Waals surface area contributed by atoms with Crippen LogP contribution in [0.25, 0.3) is 0 Å². The fourth-order valence-electron chi connectivity index (χ4n) is 1.16. The third kappa shape index (κ3) is 3.26. The molecule has 0 aromatic carbocycles. The maximum absolute atomic E-state index is 2.23. The van der Waals surface area contributed by atoms with Crippen LogP contribution in [0.2, 0.25) is 0 Å². The van der Waals surface area contributed by atoms with Gasteiger partial charge in [0, 0.05) is 0 Å². The largest absolute Gasteiger partial charge is 1.00 e. The van der Waals surface area contributed by atoms with Crippen LogP contribution >= 0.6 is 0 Å². The van der Waals surface area contributed by atoms with E-state index in [1.165, 1.54) is 0 Å². The molecule has 0 aliphatic carbocycles. The lowest BCUT2D eigenvalue weighted by atomic mass is 10.2. The zero-order valence-electron chi connectivity index (χ0n) is 8.00. The van der Waals surface area contributed by atoms with Gasteiger partial charge in [-0.05, 0) is 12.8 Å². The Morgan fingerprint density at radius 3 is 2.50 bits per heavy atom. The molecule has 0 atom stereocenters. The molecule has 12 heavy (non-hydrogen) atoms. The van der Waals surface area contributed by atoms with Crippen molar-refractivity contribution >= 4 is 0 Å². The molecular weight excluding hydrogens is 172 g/mol. The van der Waals surface area contributed by atoms with Gasteiger partial charge in [0.25, 0.3) is 0 Å². The standard InChI is InChI=1S/C9H17N2.ClH/c1-4-10-5-6-11(8-10)7-9(2)3;/h5-6,8-9H,4,7H2,1-3H3;1H/q+1;/p-1. The van der Waals surface area contributed by atoms with Crippen LogP contribution in [0.15, 0.2) is 18.7 Å². The molecule has 0 aliphatic rings. The topological polar surface area (TPSA) is 8.81 Å². The first-order valence-corrected chi connectivity index (χ1v) is 4.27. The van der Waals surface area contributed by atoms with Crippen molar-refractivity contribution in [3.05, 3.63) is 18.7 Å². The SMILES string of the molecule is CCn1cc[n+](CC(C)C)c1.[Cl-]. The van der Waals surface area contributed by atoms with Gasteiger partial charge in [-0.3, -0.25) is 0 Å². The Kier molecular flexibility index (Phi) is 4.98. The molecule has 0 spiro atoms. The van der Waals surface area contributed by atoms with E-state index >= 15 is 0 Å². The highest BCUT2D eigenvalue weighted by Gasteiger charge is 2.02. The summed E-state index contributed by atoms with van der Waals surface area (Å²) in [5.41, 5.74) is 0. The minimum atomic E-state index is 0. The fraction of sp³-hybridized carbons (Fsp3) is 0.667. The molecule has 0 fully saturated rings. The Balaban J connectivity index is 0.00000121. The highest BCUT2D eigenvalue weighted by Crippen LogP contribution is 1.91. The molecule has 1 aromatic rings. The molecule has 0 N–H and O–H groups in total. The average Bonchev–Trinajstić information content (AvgIpc) is 2.34. The maximum Gasteiger partial charge on any atom is 0.243 e. The predicted octanol–water partition coefficient (Wildman–Crippen LogP) is -1.54. The first kappa shape index (κ1) is 11.5. The third-order valence-corrected chi connectivity index (χ3v) is 1.69. The summed E-state index contributed by atoms with van der Waals surface area (Å²) in [5, 5.41) is 0. The monoisotopic (exact) mass is 188 g/mol. The molecule has 0 saturated carbocycles. The summed E-state index contributed by atoms with van der Waals surface area (Å²) < 4.78 is 4.41. The number of imidazole rings is 1. The summed E-state index contributed by atoms with van der Waals surface area (Å²) in [5.74, 6) is 0.729. The Hall–Kier alpha value is -0.500. The van der Waals surface area contributed by atoms with Crippen LogP contribution in [-0.4, -0.2) is 4.57 Å². The number of halogens is 1. The lowest BCUT2D eigenvalue weighted by Gasteiger charge is -1.98. The summed E-state index contributed by atoms with van der Waals surface area (Å²) in [4.78, 5) is 0. The predicted molar refractivity (Wildman–Crippen MR) is 45.1 cm³/mol. The van der Waals surface area contributed by atoms with Gasteiger partial charge in [-0.15, -0.1) is 0 Å². The Labute approximate surface area is 80.6 Å². The van der Waals surface area contributed by atoms with Gasteiger partial charge in [-0.25, -0.2) is 9.13 Å². The van der Waals surface area contributed by atoms with Crippen LogP contribution in [0.1, 0.15) is 20.8 Å². The van der Waals surface area contributed by atoms with Crippen molar-refractivity contribution in [2.45, 2.75) is 33.9 Å². The summed E-state index contributed by atoms with van der Waals surface area (Å²) in [6.07, 6.45) is 6.39. The second kappa shape index (κ2) is 5.20. The smallest absolute Gasteiger partial charge is 0.243 e. The molecule has 0 bridgehead atoms. The van der Waals surface area contributed by atoms with Gasteiger partial charge in [-0.1, -0.05) is 13.8 Å². The van der Waals surface area contributed by atoms with Crippen molar-refractivity contribution in [1.29, 1.82) is 0 Å². The van der Waals surface area contributed by atoms with Crippen molar-refractivity contribution in [2.75, 3.05) is 0 Å². The van der Waals surface area contributed by atoms with Crippen LogP contribution in [0.4, 0.5) is 0 Å². The zero-order chi connectivity index (χ0) is 8.27. The highest BCUT2D eigenvalue weighted by atomic mass is 35.5. The molecule has 3 heteroatoms. The van der Waals surface area contributed by atoms with E-state index in [4.69, 9.17) is 0 Å². The summed E-state index contributed by atoms with van der Waals surface area (Å²) in [6.45, 7) is 8.80. The van der Waals surface area contributed by atoms with Crippen molar-refractivity contribution in [1.82, 2.24) is 4.57 Å². The lowest BCUT2D eigenvalue weighted by molar-refractivity contribution is -0.701. The first-order chi connectivity index (χ1) is 5.22. The van der Waals surface area contributed by atoms with Gasteiger partial charge in [-0.2, -0.15) is 0 Å². The van der Waals surface area contributed by atoms with Crippen LogP contribution in [-0.2, 0) is 13.1 Å². The number of aromatic nitrogens is 2. The van der Waals surface area contributed by atoms with E-state index in [0.29, 0.717) is 0 Å². The minimum Gasteiger partial charge on any atom is -1.00 e. The van der Waals surface area contributed by atoms with Gasteiger partial charge in [0.2, 0.25) is 6.33 Å². The number of hydrogen-bond acceptors (Lipinski definition) is 0. The fourth-order valence-corrected chi connectivity index (χ4v) is 1.16. The van der Waals surface area contributed by atoms with E-state index in [1.807, 2.05) is 0 Å². The van der Waals surface area contributed by atoms with E-state index in [2.05, 4.69) is 48.6 Å². The van der Waals surface area contributed by atoms with E-state index < -0.39 is 0 Å². The van der Waals surface area contributed by atoms with Crippen LogP contribution in [0.5, 0.6) is 0 Å². The number of hydrogen-bond donors (Lipinski definition) is 0. The van der Waals surface area contributed by atoms with E-state index in [1.54, 1.807) is 0 Å². The maximum atomic E-state index is 2.23. The first-order valence-electron chi connectivity index (χ1n) is 4.27. The third-order valence-electron chi connectivity index (χ3n) is 1.69. The second-order valence-electron chi connectivity index (χ2n) is 3.33. The van der Waals surface area contributed by atoms with Gasteiger partial charge in [0.05, 0.1) is 13.1 Å². The van der Waals surface area contributed by atoms with Crippen LogP contribution < -0.4 is 17.0 Å². The quantitative estimate of drug-likeness (QED) is 0.509. The molecule has 0 unspecified atom stereocenters. The average molecular weight is 189 g/mol. The summed E-state index contributed by atoms with van der Waals surface area (Å²) in [6, 6.07) is 0.